The molecule has 3 N–H and O–H groups in total. The first-order valence-electron chi connectivity index (χ1n) is 15.3. The number of hydrogen-bond acceptors (Lipinski definition) is 8. The van der Waals surface area contributed by atoms with E-state index in [2.05, 4.69) is 20.9 Å². The summed E-state index contributed by atoms with van der Waals surface area (Å²) in [6.07, 6.45) is 6.98. The molecule has 2 atom stereocenters. The predicted octanol–water partition coefficient (Wildman–Crippen LogP) is 6.70. The first-order valence-corrected chi connectivity index (χ1v) is 18.0. The fourth-order valence-electron chi connectivity index (χ4n) is 5.21. The highest BCUT2D eigenvalue weighted by atomic mass is 35.5. The number of benzene rings is 1. The molecule has 2 aromatic rings. The van der Waals surface area contributed by atoms with Crippen LogP contribution in [-0.4, -0.2) is 69.9 Å². The number of carbonyl (C=O) groups excluding carboxylic acids is 3. The number of rotatable bonds is 10. The molecular formula is C33H43Cl2N5O4S2. The van der Waals surface area contributed by atoms with Gasteiger partial charge in [-0.15, -0.1) is 11.3 Å². The zero-order valence-corrected chi connectivity index (χ0v) is 30.3. The van der Waals surface area contributed by atoms with Gasteiger partial charge in [0.1, 0.15) is 11.1 Å². The molecule has 0 spiro atoms. The second-order valence-electron chi connectivity index (χ2n) is 13.2. The van der Waals surface area contributed by atoms with Crippen molar-refractivity contribution >= 4 is 69.8 Å². The van der Waals surface area contributed by atoms with Crippen molar-refractivity contribution in [2.45, 2.75) is 88.5 Å². The van der Waals surface area contributed by atoms with E-state index in [9.17, 15) is 14.4 Å². The number of halogens is 2. The molecule has 1 aromatic heterocycles. The van der Waals surface area contributed by atoms with Gasteiger partial charge in [0.25, 0.3) is 0 Å². The fourth-order valence-corrected chi connectivity index (χ4v) is 7.18. The molecule has 1 aromatic carbocycles. The molecule has 13 heteroatoms. The Bertz CT molecular complexity index is 1480. The molecule has 46 heavy (non-hydrogen) atoms. The Balaban J connectivity index is 1.22. The summed E-state index contributed by atoms with van der Waals surface area (Å²) in [4.78, 5) is 45.3. The lowest BCUT2D eigenvalue weighted by atomic mass is 9.86. The number of piperidine rings is 1. The average molecular weight is 709 g/mol. The van der Waals surface area contributed by atoms with Crippen molar-refractivity contribution in [3.8, 4) is 0 Å². The Morgan fingerprint density at radius 3 is 2.48 bits per heavy atom. The standard InChI is InChI=1S/C33H43Cl2N5O4S2/c1-20-23(8-7-9-26(20)37-29(42)33(5,6)39-30(43)44-32(2,3)4)27-18-45-31(38-27)46-19-28(41)36-22-12-14-40(15-13-22)17-21-10-11-24(34)25(35)16-21/h7-11,16,18,20,22,26H,12-15,17,19H2,1-6H3,(H,36,41)(H,37,42)(H,39,43). The van der Waals surface area contributed by atoms with Gasteiger partial charge in [-0.2, -0.15) is 0 Å². The SMILES string of the molecule is CC1C(c2csc(SCC(=O)NC3CCN(Cc4ccc(Cl)c(Cl)c4)CC3)n2)=CC=CC1NC(=O)C(C)(C)NC(=O)OC(C)(C)C. The van der Waals surface area contributed by atoms with Crippen molar-refractivity contribution in [3.05, 3.63) is 63.1 Å². The Hall–Kier alpha value is -2.57. The molecule has 9 nitrogen and oxygen atoms in total. The molecule has 1 fully saturated rings. The average Bonchev–Trinajstić information content (AvgIpc) is 3.43. The Morgan fingerprint density at radius 2 is 1.80 bits per heavy atom. The lowest BCUT2D eigenvalue weighted by Gasteiger charge is -2.32. The van der Waals surface area contributed by atoms with Gasteiger partial charge in [-0.3, -0.25) is 14.5 Å². The Kier molecular flexibility index (Phi) is 12.3. The highest BCUT2D eigenvalue weighted by Crippen LogP contribution is 2.33. The van der Waals surface area contributed by atoms with E-state index in [1.54, 1.807) is 34.6 Å². The summed E-state index contributed by atoms with van der Waals surface area (Å²) in [5, 5.41) is 12.0. The predicted molar refractivity (Wildman–Crippen MR) is 187 cm³/mol. The normalized spacial score (nSPS) is 19.3. The number of ether oxygens (including phenoxy) is 1. The number of hydrogen-bond donors (Lipinski definition) is 3. The van der Waals surface area contributed by atoms with Gasteiger partial charge in [0.15, 0.2) is 4.34 Å². The second kappa shape index (κ2) is 15.6. The summed E-state index contributed by atoms with van der Waals surface area (Å²) in [7, 11) is 0. The highest BCUT2D eigenvalue weighted by molar-refractivity contribution is 8.01. The van der Waals surface area contributed by atoms with Gasteiger partial charge in [-0.25, -0.2) is 9.78 Å². The molecule has 0 saturated carbocycles. The molecule has 1 saturated heterocycles. The summed E-state index contributed by atoms with van der Waals surface area (Å²) in [6.45, 7) is 13.2. The van der Waals surface area contributed by atoms with Crippen molar-refractivity contribution in [2.75, 3.05) is 18.8 Å². The van der Waals surface area contributed by atoms with Crippen LogP contribution in [0.25, 0.3) is 5.57 Å². The van der Waals surface area contributed by atoms with E-state index in [0.29, 0.717) is 15.8 Å². The number of allylic oxidation sites excluding steroid dienone is 2. The van der Waals surface area contributed by atoms with Crippen LogP contribution >= 0.6 is 46.3 Å². The zero-order chi connectivity index (χ0) is 33.6. The number of nitrogens with one attached hydrogen (secondary N) is 3. The molecule has 2 unspecified atom stereocenters. The van der Waals surface area contributed by atoms with E-state index < -0.39 is 17.2 Å². The number of likely N-dealkylation sites (tertiary alicyclic amines) is 1. The van der Waals surface area contributed by atoms with Gasteiger partial charge in [0.05, 0.1) is 27.5 Å². The largest absolute Gasteiger partial charge is 0.444 e. The van der Waals surface area contributed by atoms with Crippen LogP contribution < -0.4 is 16.0 Å². The van der Waals surface area contributed by atoms with E-state index >= 15 is 0 Å². The van der Waals surface area contributed by atoms with Gasteiger partial charge >= 0.3 is 6.09 Å². The van der Waals surface area contributed by atoms with Crippen molar-refractivity contribution < 1.29 is 19.1 Å². The van der Waals surface area contributed by atoms with E-state index in [-0.39, 0.29) is 29.8 Å². The van der Waals surface area contributed by atoms with Gasteiger partial charge in [0.2, 0.25) is 11.8 Å². The summed E-state index contributed by atoms with van der Waals surface area (Å²) in [5.74, 6) is -0.0808. The van der Waals surface area contributed by atoms with Crippen molar-refractivity contribution in [1.82, 2.24) is 25.8 Å². The maximum Gasteiger partial charge on any atom is 0.408 e. The van der Waals surface area contributed by atoms with Crippen molar-refractivity contribution in [3.63, 3.8) is 0 Å². The number of amides is 3. The van der Waals surface area contributed by atoms with Crippen LogP contribution in [-0.2, 0) is 20.9 Å². The Labute approximate surface area is 289 Å². The minimum absolute atomic E-state index is 0.00301. The molecule has 2 heterocycles. The van der Waals surface area contributed by atoms with E-state index in [4.69, 9.17) is 32.9 Å². The maximum atomic E-state index is 13.1. The van der Waals surface area contributed by atoms with E-state index in [1.807, 2.05) is 48.7 Å². The second-order valence-corrected chi connectivity index (χ2v) is 16.1. The molecule has 250 valence electrons. The number of thiazole rings is 1. The molecule has 1 aliphatic heterocycles. The topological polar surface area (TPSA) is 113 Å². The Morgan fingerprint density at radius 1 is 1.09 bits per heavy atom. The van der Waals surface area contributed by atoms with Crippen LogP contribution in [0.15, 0.2) is 46.1 Å². The monoisotopic (exact) mass is 707 g/mol. The third kappa shape index (κ3) is 10.5. The molecule has 1 aliphatic carbocycles. The molecule has 0 bridgehead atoms. The zero-order valence-electron chi connectivity index (χ0n) is 27.1. The fraction of sp³-hybridized carbons (Fsp3) is 0.515. The summed E-state index contributed by atoms with van der Waals surface area (Å²) in [5.41, 5.74) is 1.10. The van der Waals surface area contributed by atoms with Crippen LogP contribution in [0.3, 0.4) is 0 Å². The summed E-state index contributed by atoms with van der Waals surface area (Å²) >= 11 is 15.1. The number of nitrogens with zero attached hydrogens (tertiary/aromatic N) is 2. The van der Waals surface area contributed by atoms with Crippen LogP contribution in [0.1, 0.15) is 65.6 Å². The number of carbonyl (C=O) groups is 3. The number of thioether (sulfide) groups is 1. The van der Waals surface area contributed by atoms with Crippen molar-refractivity contribution in [1.29, 1.82) is 0 Å². The maximum absolute atomic E-state index is 13.1. The first kappa shape index (κ1) is 36.3. The highest BCUT2D eigenvalue weighted by Gasteiger charge is 2.34. The summed E-state index contributed by atoms with van der Waals surface area (Å²) in [6, 6.07) is 5.60. The summed E-state index contributed by atoms with van der Waals surface area (Å²) < 4.78 is 6.13. The van der Waals surface area contributed by atoms with Gasteiger partial charge in [0, 0.05) is 37.0 Å². The van der Waals surface area contributed by atoms with Crippen LogP contribution in [0.4, 0.5) is 4.79 Å². The third-order valence-electron chi connectivity index (χ3n) is 7.75. The smallest absolute Gasteiger partial charge is 0.408 e. The number of aromatic nitrogens is 1. The molecule has 2 aliphatic rings. The quantitative estimate of drug-likeness (QED) is 0.236. The lowest BCUT2D eigenvalue weighted by Crippen LogP contribution is -2.58. The lowest BCUT2D eigenvalue weighted by molar-refractivity contribution is -0.127. The first-order chi connectivity index (χ1) is 21.6. The van der Waals surface area contributed by atoms with E-state index in [0.717, 1.165) is 53.6 Å². The molecule has 3 amide bonds. The minimum atomic E-state index is -1.18. The van der Waals surface area contributed by atoms with Gasteiger partial charge in [-0.1, -0.05) is 66.2 Å². The molecule has 4 rings (SSSR count). The molecule has 0 radical (unpaired) electrons. The van der Waals surface area contributed by atoms with Crippen LogP contribution in [0.5, 0.6) is 0 Å². The number of alkyl carbamates (subject to hydrolysis) is 1. The van der Waals surface area contributed by atoms with Gasteiger partial charge in [-0.05, 0) is 70.7 Å². The van der Waals surface area contributed by atoms with Gasteiger partial charge < -0.3 is 20.7 Å². The van der Waals surface area contributed by atoms with E-state index in [1.165, 1.54) is 23.1 Å². The van der Waals surface area contributed by atoms with Crippen LogP contribution in [0, 0.1) is 5.92 Å². The van der Waals surface area contributed by atoms with Crippen LogP contribution in [0.2, 0.25) is 10.0 Å². The molecular weight excluding hydrogens is 665 g/mol. The third-order valence-corrected chi connectivity index (χ3v) is 10.5. The van der Waals surface area contributed by atoms with Crippen molar-refractivity contribution in [2.24, 2.45) is 5.92 Å². The minimum Gasteiger partial charge on any atom is -0.444 e.